The van der Waals surface area contributed by atoms with E-state index in [-0.39, 0.29) is 17.6 Å². The second-order valence-corrected chi connectivity index (χ2v) is 13.0. The molecule has 1 aliphatic heterocycles. The Kier molecular flexibility index (Phi) is 7.42. The summed E-state index contributed by atoms with van der Waals surface area (Å²) in [7, 11) is -0.421. The van der Waals surface area contributed by atoms with Crippen LogP contribution in [0.2, 0.25) is 0 Å². The van der Waals surface area contributed by atoms with Gasteiger partial charge in [0.1, 0.15) is 11.9 Å². The van der Waals surface area contributed by atoms with Gasteiger partial charge in [-0.2, -0.15) is 0 Å². The zero-order chi connectivity index (χ0) is 25.5. The molecule has 2 aliphatic rings. The van der Waals surface area contributed by atoms with Crippen molar-refractivity contribution in [1.82, 2.24) is 4.90 Å². The van der Waals surface area contributed by atoms with Gasteiger partial charge < -0.3 is 24.1 Å². The molecule has 1 aromatic carbocycles. The van der Waals surface area contributed by atoms with Crippen molar-refractivity contribution in [3.63, 3.8) is 0 Å². The first-order valence-corrected chi connectivity index (χ1v) is 12.6. The number of hydrogen-bond donors (Lipinski definition) is 1. The number of benzene rings is 1. The Morgan fingerprint density at radius 2 is 1.56 bits per heavy atom. The molecule has 1 N–H and O–H groups in total. The van der Waals surface area contributed by atoms with Crippen LogP contribution < -0.4 is 10.2 Å². The molecular formula is C27H44BNO5. The van der Waals surface area contributed by atoms with E-state index in [0.29, 0.717) is 12.0 Å². The quantitative estimate of drug-likeness (QED) is 0.535. The van der Waals surface area contributed by atoms with E-state index in [0.717, 1.165) is 36.9 Å². The van der Waals surface area contributed by atoms with Gasteiger partial charge in [-0.05, 0) is 76.4 Å². The van der Waals surface area contributed by atoms with E-state index in [1.54, 1.807) is 4.90 Å². The number of hydrogen-bond acceptors (Lipinski definition) is 4. The Morgan fingerprint density at radius 1 is 1.06 bits per heavy atom. The van der Waals surface area contributed by atoms with E-state index in [1.165, 1.54) is 0 Å². The lowest BCUT2D eigenvalue weighted by Crippen LogP contribution is -2.50. The fourth-order valence-electron chi connectivity index (χ4n) is 4.59. The predicted molar refractivity (Wildman–Crippen MR) is 137 cm³/mol. The Hall–Kier alpha value is -1.73. The Labute approximate surface area is 206 Å². The average molecular weight is 473 g/mol. The van der Waals surface area contributed by atoms with Crippen LogP contribution >= 0.6 is 0 Å². The molecule has 1 saturated heterocycles. The molecule has 0 bridgehead atoms. The zero-order valence-corrected chi connectivity index (χ0v) is 22.6. The van der Waals surface area contributed by atoms with E-state index < -0.39 is 24.4 Å². The van der Waals surface area contributed by atoms with Crippen LogP contribution in [0.5, 0.6) is 5.75 Å². The van der Waals surface area contributed by atoms with Gasteiger partial charge in [-0.3, -0.25) is 0 Å². The fourth-order valence-corrected chi connectivity index (χ4v) is 4.59. The van der Waals surface area contributed by atoms with Crippen molar-refractivity contribution in [3.05, 3.63) is 24.3 Å². The van der Waals surface area contributed by atoms with Crippen molar-refractivity contribution in [2.24, 2.45) is 10.8 Å². The summed E-state index contributed by atoms with van der Waals surface area (Å²) < 4.78 is 18.7. The molecule has 1 atom stereocenters. The van der Waals surface area contributed by atoms with Gasteiger partial charge in [0.25, 0.3) is 0 Å². The Balaban J connectivity index is 1.71. The number of amides is 1. The highest BCUT2D eigenvalue weighted by molar-refractivity contribution is 6.62. The predicted octanol–water partition coefficient (Wildman–Crippen LogP) is 5.73. The van der Waals surface area contributed by atoms with Gasteiger partial charge in [0.2, 0.25) is 0 Å². The third-order valence-corrected chi connectivity index (χ3v) is 8.01. The molecule has 1 amide bonds. The van der Waals surface area contributed by atoms with Gasteiger partial charge in [-0.1, -0.05) is 46.8 Å². The third kappa shape index (κ3) is 6.09. The van der Waals surface area contributed by atoms with Crippen LogP contribution in [0.15, 0.2) is 24.3 Å². The maximum absolute atomic E-state index is 12.2. The van der Waals surface area contributed by atoms with Crippen LogP contribution in [0.4, 0.5) is 4.79 Å². The summed E-state index contributed by atoms with van der Waals surface area (Å²) in [5.41, 5.74) is 0.221. The normalized spacial score (nSPS) is 22.9. The minimum Gasteiger partial charge on any atom is -0.488 e. The van der Waals surface area contributed by atoms with E-state index in [9.17, 15) is 9.90 Å². The average Bonchev–Trinajstić information content (AvgIpc) is 2.92. The first kappa shape index (κ1) is 26.9. The highest BCUT2D eigenvalue weighted by Crippen LogP contribution is 2.38. The lowest BCUT2D eigenvalue weighted by atomic mass is 9.75. The molecule has 34 heavy (non-hydrogen) atoms. The molecular weight excluding hydrogens is 429 g/mol. The van der Waals surface area contributed by atoms with Crippen LogP contribution in [0.3, 0.4) is 0 Å². The largest absolute Gasteiger partial charge is 0.494 e. The highest BCUT2D eigenvalue weighted by atomic mass is 16.7. The van der Waals surface area contributed by atoms with Crippen LogP contribution in [0.1, 0.15) is 88.0 Å². The van der Waals surface area contributed by atoms with Crippen molar-refractivity contribution in [1.29, 1.82) is 0 Å². The molecule has 1 aliphatic carbocycles. The van der Waals surface area contributed by atoms with Crippen molar-refractivity contribution in [3.8, 4) is 5.75 Å². The molecule has 0 radical (unpaired) electrons. The molecule has 1 unspecified atom stereocenters. The summed E-state index contributed by atoms with van der Waals surface area (Å²) in [5, 5.41) is 10.0. The van der Waals surface area contributed by atoms with E-state index in [4.69, 9.17) is 14.0 Å². The standard InChI is InChI=1S/C27H44BNO5/c1-24(2,3)22(18-29(23(30)31)20-14-16-25(4,5)17-15-20)32-21-12-10-19(11-13-21)28-33-26(6,7)27(8,9)34-28/h10-13,20,22H,14-18H2,1-9H3,(H,30,31). The third-order valence-electron chi connectivity index (χ3n) is 8.01. The number of carbonyl (C=O) groups is 1. The van der Waals surface area contributed by atoms with E-state index in [2.05, 4.69) is 34.6 Å². The summed E-state index contributed by atoms with van der Waals surface area (Å²) in [6.45, 7) is 19.3. The molecule has 0 aromatic heterocycles. The lowest BCUT2D eigenvalue weighted by molar-refractivity contribution is 0.00578. The van der Waals surface area contributed by atoms with Crippen LogP contribution in [-0.4, -0.2) is 53.1 Å². The zero-order valence-electron chi connectivity index (χ0n) is 22.6. The molecule has 1 heterocycles. The Bertz CT molecular complexity index is 833. The van der Waals surface area contributed by atoms with Gasteiger partial charge in [-0.15, -0.1) is 0 Å². The molecule has 0 spiro atoms. The van der Waals surface area contributed by atoms with Crippen LogP contribution in [-0.2, 0) is 9.31 Å². The summed E-state index contributed by atoms with van der Waals surface area (Å²) in [5.74, 6) is 0.718. The minimum absolute atomic E-state index is 0.0460. The maximum atomic E-state index is 12.2. The summed E-state index contributed by atoms with van der Waals surface area (Å²) >= 11 is 0. The smallest absolute Gasteiger partial charge is 0.488 e. The van der Waals surface area contributed by atoms with Gasteiger partial charge in [0, 0.05) is 11.5 Å². The molecule has 6 nitrogen and oxygen atoms in total. The molecule has 3 rings (SSSR count). The number of rotatable bonds is 6. The van der Waals surface area contributed by atoms with E-state index >= 15 is 0 Å². The number of nitrogens with zero attached hydrogens (tertiary/aromatic N) is 1. The fraction of sp³-hybridized carbons (Fsp3) is 0.741. The second-order valence-electron chi connectivity index (χ2n) is 13.0. The maximum Gasteiger partial charge on any atom is 0.494 e. The van der Waals surface area contributed by atoms with Gasteiger partial charge in [-0.25, -0.2) is 4.79 Å². The monoisotopic (exact) mass is 473 g/mol. The van der Waals surface area contributed by atoms with Crippen molar-refractivity contribution in [2.45, 2.75) is 111 Å². The number of ether oxygens (including phenoxy) is 1. The summed E-state index contributed by atoms with van der Waals surface area (Å²) in [6.07, 6.45) is 2.75. The minimum atomic E-state index is -0.862. The van der Waals surface area contributed by atoms with Crippen molar-refractivity contribution in [2.75, 3.05) is 6.54 Å². The first-order chi connectivity index (χ1) is 15.5. The van der Waals surface area contributed by atoms with Crippen LogP contribution in [0.25, 0.3) is 0 Å². The lowest BCUT2D eigenvalue weighted by Gasteiger charge is -2.42. The topological polar surface area (TPSA) is 68.2 Å². The van der Waals surface area contributed by atoms with Gasteiger partial charge in [0.15, 0.2) is 0 Å². The second kappa shape index (κ2) is 9.38. The van der Waals surface area contributed by atoms with Crippen LogP contribution in [0, 0.1) is 10.8 Å². The van der Waals surface area contributed by atoms with Gasteiger partial charge in [0.05, 0.1) is 17.7 Å². The SMILES string of the molecule is CC1(C)CCC(N(CC(Oc2ccc(B3OC(C)(C)C(C)(C)O3)cc2)C(C)(C)C)C(=O)O)CC1. The number of carboxylic acid groups (broad SMARTS) is 1. The highest BCUT2D eigenvalue weighted by Gasteiger charge is 2.51. The molecule has 2 fully saturated rings. The first-order valence-electron chi connectivity index (χ1n) is 12.6. The van der Waals surface area contributed by atoms with E-state index in [1.807, 2.05) is 52.0 Å². The van der Waals surface area contributed by atoms with Crippen molar-refractivity contribution < 1.29 is 23.9 Å². The molecule has 190 valence electrons. The van der Waals surface area contributed by atoms with Gasteiger partial charge >= 0.3 is 13.2 Å². The Morgan fingerprint density at radius 3 is 2.00 bits per heavy atom. The molecule has 7 heteroatoms. The van der Waals surface area contributed by atoms with Crippen molar-refractivity contribution >= 4 is 18.7 Å². The summed E-state index contributed by atoms with van der Waals surface area (Å²) in [4.78, 5) is 13.8. The molecule has 1 saturated carbocycles. The summed E-state index contributed by atoms with van der Waals surface area (Å²) in [6, 6.07) is 7.83. The molecule has 1 aromatic rings.